The third-order valence-corrected chi connectivity index (χ3v) is 3.14. The molecule has 2 N–H and O–H groups in total. The van der Waals surface area contributed by atoms with Crippen LogP contribution >= 0.6 is 11.6 Å². The lowest BCUT2D eigenvalue weighted by Gasteiger charge is -2.09. The van der Waals surface area contributed by atoms with Gasteiger partial charge in [0.2, 0.25) is 0 Å². The minimum absolute atomic E-state index is 0.285. The summed E-state index contributed by atoms with van der Waals surface area (Å²) in [7, 11) is 0. The number of benzene rings is 2. The molecule has 22 heavy (non-hydrogen) atoms. The highest BCUT2D eigenvalue weighted by Crippen LogP contribution is 2.15. The fraction of sp³-hybridized carbons (Fsp3) is 0.125. The summed E-state index contributed by atoms with van der Waals surface area (Å²) in [6.45, 7) is 2.37. The molecule has 0 radical (unpaired) electrons. The molecule has 2 amide bonds. The van der Waals surface area contributed by atoms with Gasteiger partial charge in [-0.2, -0.15) is 0 Å². The Balaban J connectivity index is 1.99. The number of carbonyl (C=O) groups excluding carboxylic acids is 2. The maximum atomic E-state index is 12.0. The van der Waals surface area contributed by atoms with Gasteiger partial charge in [-0.25, -0.2) is 0 Å². The maximum absolute atomic E-state index is 12.0. The Morgan fingerprint density at radius 2 is 1.77 bits per heavy atom. The van der Waals surface area contributed by atoms with Crippen LogP contribution in [0.2, 0.25) is 5.02 Å². The van der Waals surface area contributed by atoms with Crippen LogP contribution in [0.3, 0.4) is 0 Å². The Labute approximate surface area is 133 Å². The Morgan fingerprint density at radius 1 is 1.05 bits per heavy atom. The predicted molar refractivity (Wildman–Crippen MR) is 84.0 cm³/mol. The van der Waals surface area contributed by atoms with E-state index in [0.29, 0.717) is 22.9 Å². The summed E-state index contributed by atoms with van der Waals surface area (Å²) in [5.41, 5.74) is 5.33. The molecule has 0 atom stereocenters. The highest BCUT2D eigenvalue weighted by molar-refractivity contribution is 6.33. The quantitative estimate of drug-likeness (QED) is 0.852. The van der Waals surface area contributed by atoms with E-state index in [9.17, 15) is 9.59 Å². The van der Waals surface area contributed by atoms with Gasteiger partial charge in [0.25, 0.3) is 11.8 Å². The predicted octanol–water partition coefficient (Wildman–Crippen LogP) is 2.81. The highest BCUT2D eigenvalue weighted by atomic mass is 35.5. The second-order valence-corrected chi connectivity index (χ2v) is 4.76. The molecule has 0 bridgehead atoms. The first-order valence-electron chi connectivity index (χ1n) is 6.70. The van der Waals surface area contributed by atoms with Gasteiger partial charge >= 0.3 is 0 Å². The van der Waals surface area contributed by atoms with Crippen molar-refractivity contribution in [2.75, 3.05) is 6.61 Å². The summed E-state index contributed by atoms with van der Waals surface area (Å²) in [6.07, 6.45) is 0. The number of ether oxygens (including phenoxy) is 1. The molecule has 0 unspecified atom stereocenters. The van der Waals surface area contributed by atoms with Crippen LogP contribution in [0.5, 0.6) is 5.75 Å². The number of rotatable bonds is 4. The maximum Gasteiger partial charge on any atom is 0.271 e. The van der Waals surface area contributed by atoms with Gasteiger partial charge in [-0.05, 0) is 37.3 Å². The van der Waals surface area contributed by atoms with E-state index in [-0.39, 0.29) is 5.56 Å². The van der Waals surface area contributed by atoms with Crippen LogP contribution in [0.4, 0.5) is 0 Å². The van der Waals surface area contributed by atoms with Gasteiger partial charge in [-0.3, -0.25) is 20.4 Å². The molecule has 0 aliphatic rings. The highest BCUT2D eigenvalue weighted by Gasteiger charge is 2.12. The Morgan fingerprint density at radius 3 is 2.50 bits per heavy atom. The molecule has 0 saturated carbocycles. The van der Waals surface area contributed by atoms with Crippen LogP contribution in [-0.2, 0) is 0 Å². The third-order valence-electron chi connectivity index (χ3n) is 2.82. The van der Waals surface area contributed by atoms with Gasteiger partial charge in [0, 0.05) is 5.56 Å². The average molecular weight is 319 g/mol. The van der Waals surface area contributed by atoms with Gasteiger partial charge in [-0.15, -0.1) is 0 Å². The van der Waals surface area contributed by atoms with Crippen LogP contribution < -0.4 is 15.6 Å². The summed E-state index contributed by atoms with van der Waals surface area (Å²) in [5.74, 6) is -0.338. The van der Waals surface area contributed by atoms with Gasteiger partial charge in [0.15, 0.2) is 0 Å². The summed E-state index contributed by atoms with van der Waals surface area (Å²) in [5, 5.41) is 0.313. The number of hydrazine groups is 1. The van der Waals surface area contributed by atoms with Crippen LogP contribution in [0, 0.1) is 0 Å². The molecule has 6 heteroatoms. The van der Waals surface area contributed by atoms with Crippen LogP contribution in [-0.4, -0.2) is 18.4 Å². The van der Waals surface area contributed by atoms with E-state index in [2.05, 4.69) is 10.9 Å². The second kappa shape index (κ2) is 7.47. The summed E-state index contributed by atoms with van der Waals surface area (Å²) < 4.78 is 5.32. The molecular formula is C16H15ClN2O3. The van der Waals surface area contributed by atoms with Crippen molar-refractivity contribution in [3.05, 3.63) is 64.7 Å². The molecule has 0 aliphatic carbocycles. The molecule has 5 nitrogen and oxygen atoms in total. The normalized spacial score (nSPS) is 9.91. The minimum Gasteiger partial charge on any atom is -0.494 e. The topological polar surface area (TPSA) is 67.4 Å². The van der Waals surface area contributed by atoms with Crippen LogP contribution in [0.25, 0.3) is 0 Å². The molecule has 114 valence electrons. The second-order valence-electron chi connectivity index (χ2n) is 4.35. The molecule has 0 heterocycles. The van der Waals surface area contributed by atoms with E-state index in [0.717, 1.165) is 0 Å². The minimum atomic E-state index is -0.486. The zero-order valence-corrected chi connectivity index (χ0v) is 12.7. The fourth-order valence-electron chi connectivity index (χ4n) is 1.79. The standard InChI is InChI=1S/C16H15ClN2O3/c1-2-22-12-7-5-6-11(10-12)15(20)18-19-16(21)13-8-3-4-9-14(13)17/h3-10H,2H2,1H3,(H,18,20)(H,19,21). The Bertz CT molecular complexity index is 689. The van der Waals surface area contributed by atoms with E-state index >= 15 is 0 Å². The van der Waals surface area contributed by atoms with E-state index < -0.39 is 11.8 Å². The first-order valence-corrected chi connectivity index (χ1v) is 7.07. The monoisotopic (exact) mass is 318 g/mol. The van der Waals surface area contributed by atoms with Crippen molar-refractivity contribution in [1.29, 1.82) is 0 Å². The van der Waals surface area contributed by atoms with Crippen molar-refractivity contribution in [2.45, 2.75) is 6.92 Å². The first kappa shape index (κ1) is 15.9. The van der Waals surface area contributed by atoms with Crippen molar-refractivity contribution in [3.8, 4) is 5.75 Å². The molecule has 0 aromatic heterocycles. The number of hydrogen-bond acceptors (Lipinski definition) is 3. The van der Waals surface area contributed by atoms with E-state index in [4.69, 9.17) is 16.3 Å². The van der Waals surface area contributed by atoms with Gasteiger partial charge in [0.1, 0.15) is 5.75 Å². The number of hydrogen-bond donors (Lipinski definition) is 2. The summed E-state index contributed by atoms with van der Waals surface area (Å²) in [6, 6.07) is 13.3. The number of amides is 2. The number of carbonyl (C=O) groups is 2. The first-order chi connectivity index (χ1) is 10.6. The number of nitrogens with one attached hydrogen (secondary N) is 2. The fourth-order valence-corrected chi connectivity index (χ4v) is 2.01. The molecule has 0 saturated heterocycles. The molecule has 0 aliphatic heterocycles. The lowest BCUT2D eigenvalue weighted by Crippen LogP contribution is -2.41. The van der Waals surface area contributed by atoms with Gasteiger partial charge in [-0.1, -0.05) is 29.8 Å². The third kappa shape index (κ3) is 3.99. The van der Waals surface area contributed by atoms with Crippen molar-refractivity contribution in [1.82, 2.24) is 10.9 Å². The lowest BCUT2D eigenvalue weighted by atomic mass is 10.2. The smallest absolute Gasteiger partial charge is 0.271 e. The largest absolute Gasteiger partial charge is 0.494 e. The SMILES string of the molecule is CCOc1cccc(C(=O)NNC(=O)c2ccccc2Cl)c1. The van der Waals surface area contributed by atoms with Crippen molar-refractivity contribution in [3.63, 3.8) is 0 Å². The van der Waals surface area contributed by atoms with Crippen molar-refractivity contribution < 1.29 is 14.3 Å². The molecule has 0 spiro atoms. The Hall–Kier alpha value is -2.53. The van der Waals surface area contributed by atoms with Gasteiger partial charge in [0.05, 0.1) is 17.2 Å². The Kier molecular flexibility index (Phi) is 5.38. The van der Waals surface area contributed by atoms with E-state index in [1.54, 1.807) is 48.5 Å². The molecule has 0 fully saturated rings. The van der Waals surface area contributed by atoms with E-state index in [1.165, 1.54) is 0 Å². The molecular weight excluding hydrogens is 304 g/mol. The zero-order chi connectivity index (χ0) is 15.9. The lowest BCUT2D eigenvalue weighted by molar-refractivity contribution is 0.0846. The summed E-state index contributed by atoms with van der Waals surface area (Å²) >= 11 is 5.92. The van der Waals surface area contributed by atoms with Crippen LogP contribution in [0.15, 0.2) is 48.5 Å². The van der Waals surface area contributed by atoms with Gasteiger partial charge < -0.3 is 4.74 Å². The van der Waals surface area contributed by atoms with Crippen LogP contribution in [0.1, 0.15) is 27.6 Å². The van der Waals surface area contributed by atoms with Crippen molar-refractivity contribution >= 4 is 23.4 Å². The zero-order valence-electron chi connectivity index (χ0n) is 11.9. The average Bonchev–Trinajstić information content (AvgIpc) is 2.53. The molecule has 2 rings (SSSR count). The number of halogens is 1. The molecule has 2 aromatic carbocycles. The summed E-state index contributed by atoms with van der Waals surface area (Å²) in [4.78, 5) is 23.9. The molecule has 2 aromatic rings. The van der Waals surface area contributed by atoms with E-state index in [1.807, 2.05) is 6.92 Å². The van der Waals surface area contributed by atoms with Crippen molar-refractivity contribution in [2.24, 2.45) is 0 Å².